The molecule has 1 aromatic carbocycles. The third-order valence-electron chi connectivity index (χ3n) is 7.44. The monoisotopic (exact) mass is 482 g/mol. The number of aromatic nitrogens is 1. The van der Waals surface area contributed by atoms with Gasteiger partial charge in [0, 0.05) is 34.6 Å². The highest BCUT2D eigenvalue weighted by atomic mass is 35.5. The molecule has 2 saturated heterocycles. The third-order valence-corrected chi connectivity index (χ3v) is 9.00. The van der Waals surface area contributed by atoms with Crippen LogP contribution in [0, 0.1) is 13.8 Å². The van der Waals surface area contributed by atoms with E-state index in [2.05, 4.69) is 48.0 Å². The van der Waals surface area contributed by atoms with E-state index < -0.39 is 5.41 Å². The summed E-state index contributed by atoms with van der Waals surface area (Å²) in [5.41, 5.74) is 4.26. The summed E-state index contributed by atoms with van der Waals surface area (Å²) in [4.78, 5) is 34.5. The Hall–Kier alpha value is -2.11. The van der Waals surface area contributed by atoms with Crippen molar-refractivity contribution in [3.8, 4) is 11.3 Å². The number of nitrogens with zero attached hydrogens (tertiary/aromatic N) is 1. The number of nitrogens with one attached hydrogen (secondary N) is 1. The molecule has 6 heteroatoms. The minimum Gasteiger partial charge on any atom is -0.346 e. The van der Waals surface area contributed by atoms with Crippen LogP contribution in [-0.2, 0) is 10.2 Å². The van der Waals surface area contributed by atoms with Gasteiger partial charge >= 0.3 is 0 Å². The van der Waals surface area contributed by atoms with Gasteiger partial charge in [-0.15, -0.1) is 22.9 Å². The highest BCUT2D eigenvalue weighted by Gasteiger charge is 2.47. The predicted octanol–water partition coefficient (Wildman–Crippen LogP) is 6.76. The summed E-state index contributed by atoms with van der Waals surface area (Å²) >= 11 is 7.56. The van der Waals surface area contributed by atoms with Gasteiger partial charge < -0.3 is 9.88 Å². The molecular formula is C27H31ClN2O2S. The van der Waals surface area contributed by atoms with Crippen molar-refractivity contribution in [2.24, 2.45) is 0 Å². The molecule has 2 aliphatic rings. The second-order valence-electron chi connectivity index (χ2n) is 10.3. The molecule has 174 valence electrons. The number of thiophene rings is 1. The number of carbonyl (C=O) groups is 2. The zero-order valence-electron chi connectivity index (χ0n) is 19.8. The Morgan fingerprint density at radius 3 is 2.24 bits per heavy atom. The molecule has 2 bridgehead atoms. The van der Waals surface area contributed by atoms with Crippen molar-refractivity contribution >= 4 is 44.8 Å². The quantitative estimate of drug-likeness (QED) is 0.312. The Morgan fingerprint density at radius 1 is 1.06 bits per heavy atom. The lowest BCUT2D eigenvalue weighted by atomic mass is 9.88. The van der Waals surface area contributed by atoms with Crippen LogP contribution in [0.15, 0.2) is 24.3 Å². The molecule has 0 radical (unpaired) electrons. The van der Waals surface area contributed by atoms with Gasteiger partial charge in [0.05, 0.1) is 16.7 Å². The van der Waals surface area contributed by atoms with Crippen molar-refractivity contribution in [2.45, 2.75) is 77.3 Å². The van der Waals surface area contributed by atoms with Crippen molar-refractivity contribution in [3.63, 3.8) is 0 Å². The minimum absolute atomic E-state index is 0.0384. The molecule has 0 unspecified atom stereocenters. The fraction of sp³-hybridized carbons (Fsp3) is 0.481. The Kier molecular flexibility index (Phi) is 5.69. The van der Waals surface area contributed by atoms with Crippen LogP contribution in [0.2, 0.25) is 0 Å². The second-order valence-corrected chi connectivity index (χ2v) is 11.7. The molecule has 4 heterocycles. The second kappa shape index (κ2) is 8.28. The van der Waals surface area contributed by atoms with Crippen LogP contribution in [0.25, 0.3) is 21.5 Å². The summed E-state index contributed by atoms with van der Waals surface area (Å²) in [7, 11) is 0. The van der Waals surface area contributed by atoms with Crippen molar-refractivity contribution in [1.29, 1.82) is 0 Å². The topological polar surface area (TPSA) is 53.2 Å². The fourth-order valence-corrected chi connectivity index (χ4v) is 7.13. The lowest BCUT2D eigenvalue weighted by molar-refractivity contribution is -0.137. The number of alkyl halides is 1. The first kappa shape index (κ1) is 22.7. The average Bonchev–Trinajstić information content (AvgIpc) is 3.51. The molecular weight excluding hydrogens is 452 g/mol. The van der Waals surface area contributed by atoms with Gasteiger partial charge in [-0.3, -0.25) is 9.59 Å². The Bertz CT molecular complexity index is 1210. The van der Waals surface area contributed by atoms with E-state index in [-0.39, 0.29) is 24.0 Å². The van der Waals surface area contributed by atoms with Gasteiger partial charge in [-0.25, -0.2) is 0 Å². The Balaban J connectivity index is 1.59. The fourth-order valence-electron chi connectivity index (χ4n) is 5.80. The summed E-state index contributed by atoms with van der Waals surface area (Å²) in [6, 6.07) is 9.23. The molecule has 2 fully saturated rings. The molecule has 2 aromatic heterocycles. The predicted molar refractivity (Wildman–Crippen MR) is 137 cm³/mol. The van der Waals surface area contributed by atoms with Gasteiger partial charge in [-0.1, -0.05) is 17.2 Å². The van der Waals surface area contributed by atoms with E-state index in [4.69, 9.17) is 11.6 Å². The van der Waals surface area contributed by atoms with Gasteiger partial charge in [0.2, 0.25) is 5.91 Å². The lowest BCUT2D eigenvalue weighted by Gasteiger charge is -2.31. The summed E-state index contributed by atoms with van der Waals surface area (Å²) < 4.78 is 0. The maximum Gasteiger partial charge on any atom is 0.233 e. The zero-order chi connectivity index (χ0) is 23.5. The normalized spacial score (nSPS) is 20.2. The molecule has 1 amide bonds. The molecule has 5 rings (SSSR count). The van der Waals surface area contributed by atoms with E-state index in [1.165, 1.54) is 0 Å². The summed E-state index contributed by atoms with van der Waals surface area (Å²) in [5, 5.41) is 0.907. The number of halogens is 1. The molecule has 0 saturated carbocycles. The highest BCUT2D eigenvalue weighted by molar-refractivity contribution is 7.19. The molecule has 2 aliphatic heterocycles. The molecule has 4 nitrogen and oxygen atoms in total. The van der Waals surface area contributed by atoms with E-state index in [9.17, 15) is 9.59 Å². The first-order chi connectivity index (χ1) is 15.7. The maximum absolute atomic E-state index is 13.6. The van der Waals surface area contributed by atoms with Gasteiger partial charge in [0.25, 0.3) is 0 Å². The molecule has 3 aromatic rings. The number of hydrogen-bond donors (Lipinski definition) is 1. The Morgan fingerprint density at radius 2 is 1.67 bits per heavy atom. The number of aromatic amines is 1. The number of carbonyl (C=O) groups excluding carboxylic acids is 2. The number of H-pyrrole nitrogens is 1. The van der Waals surface area contributed by atoms with Crippen molar-refractivity contribution in [3.05, 3.63) is 45.8 Å². The number of rotatable bonds is 6. The van der Waals surface area contributed by atoms with Crippen LogP contribution in [0.1, 0.15) is 72.3 Å². The minimum atomic E-state index is -0.622. The summed E-state index contributed by atoms with van der Waals surface area (Å²) in [6.07, 6.45) is 4.82. The zero-order valence-corrected chi connectivity index (χ0v) is 21.3. The van der Waals surface area contributed by atoms with Crippen molar-refractivity contribution < 1.29 is 9.59 Å². The van der Waals surface area contributed by atoms with Crippen LogP contribution in [0.3, 0.4) is 0 Å². The number of amides is 1. The number of ketones is 1. The van der Waals surface area contributed by atoms with Gasteiger partial charge in [-0.05, 0) is 77.1 Å². The third kappa shape index (κ3) is 3.74. The smallest absolute Gasteiger partial charge is 0.233 e. The summed E-state index contributed by atoms with van der Waals surface area (Å²) in [5.74, 6) is 0.548. The van der Waals surface area contributed by atoms with Crippen LogP contribution < -0.4 is 0 Å². The number of Topliss-reactive ketones (excluding diaryl/α,β-unsaturated/α-hetero) is 1. The van der Waals surface area contributed by atoms with E-state index in [0.29, 0.717) is 17.6 Å². The average molecular weight is 483 g/mol. The van der Waals surface area contributed by atoms with E-state index in [1.54, 1.807) is 11.3 Å². The van der Waals surface area contributed by atoms with Crippen molar-refractivity contribution in [2.75, 3.05) is 5.88 Å². The van der Waals surface area contributed by atoms with Crippen molar-refractivity contribution in [1.82, 2.24) is 9.88 Å². The first-order valence-electron chi connectivity index (χ1n) is 11.9. The molecule has 0 atom stereocenters. The van der Waals surface area contributed by atoms with Crippen LogP contribution in [-0.4, -0.2) is 39.5 Å². The van der Waals surface area contributed by atoms with Crippen LogP contribution in [0.5, 0.6) is 0 Å². The molecule has 33 heavy (non-hydrogen) atoms. The summed E-state index contributed by atoms with van der Waals surface area (Å²) in [6.45, 7) is 8.20. The molecule has 0 aliphatic carbocycles. The lowest BCUT2D eigenvalue weighted by Crippen LogP contribution is -2.45. The van der Waals surface area contributed by atoms with Crippen LogP contribution in [0.4, 0.5) is 0 Å². The van der Waals surface area contributed by atoms with Gasteiger partial charge in [0.1, 0.15) is 4.83 Å². The largest absolute Gasteiger partial charge is 0.346 e. The number of aryl methyl sites for hydroxylation is 2. The van der Waals surface area contributed by atoms with E-state index in [0.717, 1.165) is 63.2 Å². The van der Waals surface area contributed by atoms with Crippen LogP contribution >= 0.6 is 22.9 Å². The maximum atomic E-state index is 13.6. The molecule has 0 spiro atoms. The first-order valence-corrected chi connectivity index (χ1v) is 13.2. The van der Waals surface area contributed by atoms with E-state index in [1.807, 2.05) is 13.8 Å². The SMILES string of the molecule is Cc1cc(C)cc(-c2[nH]c3sc(C(C)(C)C(=O)N4C5CCC4CC5)cc3c2C(=O)CCCl)c1. The number of benzene rings is 1. The number of fused-ring (bicyclic) bond motifs is 3. The van der Waals surface area contributed by atoms with E-state index >= 15 is 0 Å². The standard InChI is InChI=1S/C27H31ClN2O2S/c1-15-11-16(2)13-17(12-15)24-23(21(31)9-10-28)20-14-22(33-25(20)29-24)27(3,4)26(32)30-18-5-6-19(30)8-7-18/h11-14,18-19,29H,5-10H2,1-4H3. The van der Waals surface area contributed by atoms with Gasteiger partial charge in [0.15, 0.2) is 5.78 Å². The molecule has 1 N–H and O–H groups in total. The van der Waals surface area contributed by atoms with Gasteiger partial charge in [-0.2, -0.15) is 0 Å². The highest BCUT2D eigenvalue weighted by Crippen LogP contribution is 2.44. The Labute approximate surface area is 204 Å². The number of hydrogen-bond acceptors (Lipinski definition) is 3.